The van der Waals surface area contributed by atoms with Gasteiger partial charge in [0.25, 0.3) is 0 Å². The molecule has 2 aliphatic rings. The topological polar surface area (TPSA) is 52.9 Å². The van der Waals surface area contributed by atoms with Crippen LogP contribution < -0.4 is 0 Å². The molecule has 1 saturated carbocycles. The fourth-order valence-corrected chi connectivity index (χ4v) is 3.53. The van der Waals surface area contributed by atoms with Crippen molar-refractivity contribution in [2.24, 2.45) is 5.41 Å². The fraction of sp³-hybridized carbons (Fsp3) is 1.00. The van der Waals surface area contributed by atoms with Crippen molar-refractivity contribution in [2.45, 2.75) is 44.1 Å². The minimum atomic E-state index is -0.595. The monoisotopic (exact) mass is 257 g/mol. The number of rotatable bonds is 5. The molecule has 0 amide bonds. The van der Waals surface area contributed by atoms with Gasteiger partial charge in [-0.05, 0) is 19.9 Å². The van der Waals surface area contributed by atoms with E-state index in [0.29, 0.717) is 19.8 Å². The largest absolute Gasteiger partial charge is 0.396 e. The summed E-state index contributed by atoms with van der Waals surface area (Å²) in [5.74, 6) is 0. The van der Waals surface area contributed by atoms with E-state index in [1.807, 2.05) is 0 Å². The number of hydrogen-bond donors (Lipinski definition) is 2. The second-order valence-corrected chi connectivity index (χ2v) is 6.37. The van der Waals surface area contributed by atoms with Crippen LogP contribution in [0.15, 0.2) is 0 Å². The van der Waals surface area contributed by atoms with Gasteiger partial charge in [-0.3, -0.25) is 0 Å². The van der Waals surface area contributed by atoms with Crippen LogP contribution in [0.5, 0.6) is 0 Å². The van der Waals surface area contributed by atoms with Crippen molar-refractivity contribution in [2.75, 3.05) is 40.0 Å². The van der Waals surface area contributed by atoms with Crippen molar-refractivity contribution in [3.8, 4) is 0 Å². The summed E-state index contributed by atoms with van der Waals surface area (Å²) in [5, 5.41) is 20.1. The number of ether oxygens (including phenoxy) is 1. The van der Waals surface area contributed by atoms with E-state index in [-0.39, 0.29) is 12.0 Å². The average molecular weight is 257 g/mol. The molecule has 0 unspecified atom stereocenters. The number of nitrogens with zero attached hydrogens (tertiary/aromatic N) is 1. The Hall–Kier alpha value is -0.160. The highest BCUT2D eigenvalue weighted by Crippen LogP contribution is 2.38. The van der Waals surface area contributed by atoms with Crippen LogP contribution in [0.3, 0.4) is 0 Å². The second-order valence-electron chi connectivity index (χ2n) is 6.37. The van der Waals surface area contributed by atoms with Crippen molar-refractivity contribution in [3.05, 3.63) is 0 Å². The quantitative estimate of drug-likeness (QED) is 0.772. The third-order valence-electron chi connectivity index (χ3n) is 4.59. The van der Waals surface area contributed by atoms with E-state index < -0.39 is 5.60 Å². The summed E-state index contributed by atoms with van der Waals surface area (Å²) in [5.41, 5.74) is -0.515. The van der Waals surface area contributed by atoms with E-state index in [1.54, 1.807) is 0 Å². The highest BCUT2D eigenvalue weighted by molar-refractivity contribution is 4.90. The van der Waals surface area contributed by atoms with E-state index in [2.05, 4.69) is 11.9 Å². The van der Waals surface area contributed by atoms with E-state index in [9.17, 15) is 10.2 Å². The summed E-state index contributed by atoms with van der Waals surface area (Å²) in [6.07, 6.45) is 6.15. The molecule has 1 heterocycles. The fourth-order valence-electron chi connectivity index (χ4n) is 3.53. The standard InChI is InChI=1S/C14H27NO3/c1-15(10-13(12-16)4-2-3-5-13)11-14(17)6-8-18-9-7-14/h16-17H,2-12H2,1H3. The SMILES string of the molecule is CN(CC1(O)CCOCC1)CC1(CO)CCCC1. The first-order chi connectivity index (χ1) is 8.58. The summed E-state index contributed by atoms with van der Waals surface area (Å²) in [6, 6.07) is 0. The molecule has 0 atom stereocenters. The Morgan fingerprint density at radius 3 is 2.22 bits per heavy atom. The normalized spacial score (nSPS) is 26.7. The first-order valence-electron chi connectivity index (χ1n) is 7.17. The number of aliphatic hydroxyl groups is 2. The first kappa shape index (κ1) is 14.3. The zero-order chi connectivity index (χ0) is 13.1. The zero-order valence-electron chi connectivity index (χ0n) is 11.5. The van der Waals surface area contributed by atoms with Gasteiger partial charge in [0.05, 0.1) is 5.60 Å². The Morgan fingerprint density at radius 2 is 1.67 bits per heavy atom. The van der Waals surface area contributed by atoms with Gasteiger partial charge in [-0.25, -0.2) is 0 Å². The zero-order valence-corrected chi connectivity index (χ0v) is 11.5. The van der Waals surface area contributed by atoms with Gasteiger partial charge in [0.1, 0.15) is 0 Å². The molecule has 4 heteroatoms. The molecule has 2 N–H and O–H groups in total. The summed E-state index contributed by atoms with van der Waals surface area (Å²) in [7, 11) is 2.06. The first-order valence-corrected chi connectivity index (χ1v) is 7.17. The maximum Gasteiger partial charge on any atom is 0.0817 e. The van der Waals surface area contributed by atoms with E-state index in [4.69, 9.17) is 4.74 Å². The summed E-state index contributed by atoms with van der Waals surface area (Å²) < 4.78 is 5.30. The lowest BCUT2D eigenvalue weighted by Crippen LogP contribution is -2.48. The molecule has 106 valence electrons. The Bertz CT molecular complexity index is 258. The number of likely N-dealkylation sites (N-methyl/N-ethyl adjacent to an activating group) is 1. The van der Waals surface area contributed by atoms with Crippen molar-refractivity contribution in [1.82, 2.24) is 4.90 Å². The molecule has 0 spiro atoms. The summed E-state index contributed by atoms with van der Waals surface area (Å²) >= 11 is 0. The molecular weight excluding hydrogens is 230 g/mol. The van der Waals surface area contributed by atoms with Crippen molar-refractivity contribution < 1.29 is 14.9 Å². The van der Waals surface area contributed by atoms with Gasteiger partial charge < -0.3 is 19.8 Å². The molecule has 1 saturated heterocycles. The van der Waals surface area contributed by atoms with Gasteiger partial charge in [0.2, 0.25) is 0 Å². The molecule has 0 aromatic heterocycles. The Morgan fingerprint density at radius 1 is 1.06 bits per heavy atom. The van der Waals surface area contributed by atoms with Gasteiger partial charge in [0, 0.05) is 51.2 Å². The third kappa shape index (κ3) is 3.44. The molecule has 1 aliphatic carbocycles. The van der Waals surface area contributed by atoms with Crippen LogP contribution in [0, 0.1) is 5.41 Å². The molecule has 4 nitrogen and oxygen atoms in total. The van der Waals surface area contributed by atoms with Crippen molar-refractivity contribution in [1.29, 1.82) is 0 Å². The van der Waals surface area contributed by atoms with Gasteiger partial charge in [-0.2, -0.15) is 0 Å². The van der Waals surface area contributed by atoms with Gasteiger partial charge >= 0.3 is 0 Å². The summed E-state index contributed by atoms with van der Waals surface area (Å²) in [6.45, 7) is 3.19. The Kier molecular flexibility index (Phi) is 4.64. The number of aliphatic hydroxyl groups excluding tert-OH is 1. The van der Waals surface area contributed by atoms with Crippen molar-refractivity contribution >= 4 is 0 Å². The van der Waals surface area contributed by atoms with Crippen LogP contribution >= 0.6 is 0 Å². The van der Waals surface area contributed by atoms with Gasteiger partial charge in [-0.1, -0.05) is 12.8 Å². The molecule has 0 radical (unpaired) electrons. The van der Waals surface area contributed by atoms with Crippen LogP contribution in [0.25, 0.3) is 0 Å². The molecule has 0 bridgehead atoms. The van der Waals surface area contributed by atoms with E-state index in [1.165, 1.54) is 12.8 Å². The smallest absolute Gasteiger partial charge is 0.0817 e. The average Bonchev–Trinajstić information content (AvgIpc) is 2.78. The molecule has 0 aromatic carbocycles. The van der Waals surface area contributed by atoms with Crippen LogP contribution in [0.2, 0.25) is 0 Å². The predicted molar refractivity (Wildman–Crippen MR) is 70.5 cm³/mol. The summed E-state index contributed by atoms with van der Waals surface area (Å²) in [4.78, 5) is 2.20. The lowest BCUT2D eigenvalue weighted by molar-refractivity contribution is -0.0816. The van der Waals surface area contributed by atoms with Crippen molar-refractivity contribution in [3.63, 3.8) is 0 Å². The molecule has 2 rings (SSSR count). The van der Waals surface area contributed by atoms with E-state index >= 15 is 0 Å². The van der Waals surface area contributed by atoms with Crippen LogP contribution in [-0.4, -0.2) is 60.7 Å². The van der Waals surface area contributed by atoms with E-state index in [0.717, 1.165) is 32.2 Å². The third-order valence-corrected chi connectivity index (χ3v) is 4.59. The molecule has 0 aromatic rings. The highest BCUT2D eigenvalue weighted by Gasteiger charge is 2.37. The highest BCUT2D eigenvalue weighted by atomic mass is 16.5. The maximum atomic E-state index is 10.5. The second kappa shape index (κ2) is 5.87. The lowest BCUT2D eigenvalue weighted by atomic mass is 9.85. The minimum Gasteiger partial charge on any atom is -0.396 e. The van der Waals surface area contributed by atoms with Gasteiger partial charge in [-0.15, -0.1) is 0 Å². The molecular formula is C14H27NO3. The number of hydrogen-bond acceptors (Lipinski definition) is 4. The maximum absolute atomic E-state index is 10.5. The molecule has 18 heavy (non-hydrogen) atoms. The minimum absolute atomic E-state index is 0.0796. The predicted octanol–water partition coefficient (Wildman–Crippen LogP) is 1.01. The van der Waals surface area contributed by atoms with Gasteiger partial charge in [0.15, 0.2) is 0 Å². The lowest BCUT2D eigenvalue weighted by Gasteiger charge is -2.38. The van der Waals surface area contributed by atoms with Crippen LogP contribution in [0.4, 0.5) is 0 Å². The Balaban J connectivity index is 1.85. The van der Waals surface area contributed by atoms with Crippen LogP contribution in [0.1, 0.15) is 38.5 Å². The molecule has 2 fully saturated rings. The van der Waals surface area contributed by atoms with Crippen LogP contribution in [-0.2, 0) is 4.74 Å². The Labute approximate surface area is 110 Å². The molecule has 1 aliphatic heterocycles.